The molecule has 0 spiro atoms. The van der Waals surface area contributed by atoms with Crippen molar-refractivity contribution < 1.29 is 34.2 Å². The second kappa shape index (κ2) is 15.6. The molecule has 0 N–H and O–H groups in total. The topological polar surface area (TPSA) is 9.72 Å². The molecule has 0 atom stereocenters. The Hall–Kier alpha value is -4.89. The fourth-order valence-corrected chi connectivity index (χ4v) is 7.26. The predicted octanol–water partition coefficient (Wildman–Crippen LogP) is 13.2. The summed E-state index contributed by atoms with van der Waals surface area (Å²) < 4.78 is 75.8. The van der Waals surface area contributed by atoms with Crippen molar-refractivity contribution in [3.05, 3.63) is 191 Å². The molecule has 7 aromatic carbocycles. The van der Waals surface area contributed by atoms with Gasteiger partial charge in [0.15, 0.2) is 0 Å². The second-order valence-corrected chi connectivity index (χ2v) is 15.6. The molecule has 254 valence electrons. The minimum absolute atomic E-state index is 0.0114. The molecule has 0 unspecified atom stereocenters. The SMILES string of the molecule is [2H]c1c([2H])c(N(c2ccc(C)cc2)c2cc(N(c3ccccc3)c3ccccc3)cc(N(c3ccc(C)cc3)c3c([2H])c([2H])c([AtH]C)c([2H])c3[2H])c2Cl)c([2H])c([2H])c1C. The number of anilines is 9. The molecule has 3 nitrogen and oxygen atoms in total. The minimum atomic E-state index is -1.38. The van der Waals surface area contributed by atoms with Gasteiger partial charge in [-0.3, -0.25) is 0 Å². The van der Waals surface area contributed by atoms with Crippen molar-refractivity contribution in [3.63, 3.8) is 0 Å². The summed E-state index contributed by atoms with van der Waals surface area (Å²) in [4.78, 5) is 5.32. The predicted molar refractivity (Wildman–Crippen MR) is 217 cm³/mol. The number of rotatable bonds is 10. The first-order valence-corrected chi connectivity index (χ1v) is 21.6. The van der Waals surface area contributed by atoms with Crippen LogP contribution in [0.15, 0.2) is 170 Å². The Morgan fingerprint density at radius 2 is 0.824 bits per heavy atom. The van der Waals surface area contributed by atoms with Gasteiger partial charge in [-0.05, 0) is 13.8 Å². The van der Waals surface area contributed by atoms with E-state index in [-0.39, 0.29) is 76.0 Å². The molecule has 0 heterocycles. The zero-order valence-corrected chi connectivity index (χ0v) is 32.6. The van der Waals surface area contributed by atoms with Gasteiger partial charge in [-0.25, -0.2) is 0 Å². The van der Waals surface area contributed by atoms with E-state index in [0.29, 0.717) is 26.0 Å². The third-order valence-electron chi connectivity index (χ3n) is 8.35. The molecule has 0 saturated heterocycles. The molecule has 0 aliphatic heterocycles. The Morgan fingerprint density at radius 3 is 1.24 bits per heavy atom. The number of halogens is 1. The molecule has 7 aromatic rings. The zero-order valence-electron chi connectivity index (χ0n) is 36.7. The van der Waals surface area contributed by atoms with Crippen LogP contribution < -0.4 is 18.0 Å². The van der Waals surface area contributed by atoms with E-state index in [1.165, 1.54) is 0 Å². The monoisotopic (exact) mass is 888 g/mol. The van der Waals surface area contributed by atoms with E-state index >= 15 is 0 Å². The van der Waals surface area contributed by atoms with E-state index in [9.17, 15) is 5.48 Å². The van der Waals surface area contributed by atoms with Crippen LogP contribution in [-0.2, 0) is 0 Å². The van der Waals surface area contributed by atoms with E-state index in [1.807, 2.05) is 145 Å². The third kappa shape index (κ3) is 7.59. The molecular formula is C46H41AtClN3. The Bertz CT molecular complexity index is 2590. The van der Waals surface area contributed by atoms with Crippen LogP contribution in [0.3, 0.4) is 0 Å². The minimum Gasteiger partial charge on any atom is -0.0510 e. The number of para-hydroxylation sites is 2. The van der Waals surface area contributed by atoms with Crippen LogP contribution in [0, 0.1) is 44.0 Å². The summed E-state index contributed by atoms with van der Waals surface area (Å²) in [6.07, 6.45) is 0. The Balaban J connectivity index is 1.68. The molecule has 7 rings (SSSR count). The third-order valence-corrected chi connectivity index (χ3v) is 11.1. The van der Waals surface area contributed by atoms with Gasteiger partial charge in [0.1, 0.15) is 0 Å². The van der Waals surface area contributed by atoms with Crippen LogP contribution in [0.2, 0.25) is 9.65 Å². The molecule has 0 saturated carbocycles. The Kier molecular flexibility index (Phi) is 7.92. The van der Waals surface area contributed by atoms with Crippen molar-refractivity contribution >= 4 is 66.1 Å². The van der Waals surface area contributed by atoms with Crippen molar-refractivity contribution in [1.29, 1.82) is 0 Å². The molecule has 0 fully saturated rings. The average Bonchev–Trinajstić information content (AvgIpc) is 3.24. The van der Waals surface area contributed by atoms with Crippen LogP contribution in [0.1, 0.15) is 27.7 Å². The fourth-order valence-electron chi connectivity index (χ4n) is 5.79. The Morgan fingerprint density at radius 1 is 0.431 bits per heavy atom. The molecular weight excluding hydrogens is 840 g/mol. The van der Waals surface area contributed by atoms with Gasteiger partial charge in [-0.1, -0.05) is 23.3 Å². The number of aryl methyl sites for hydroxylation is 2. The van der Waals surface area contributed by atoms with Crippen LogP contribution in [0.5, 0.6) is 0 Å². The summed E-state index contributed by atoms with van der Waals surface area (Å²) in [5.41, 5.74) is 5.92. The molecule has 0 radical (unpaired) electrons. The molecule has 0 aromatic heterocycles. The van der Waals surface area contributed by atoms with E-state index in [1.54, 1.807) is 16.7 Å². The first-order valence-electron chi connectivity index (χ1n) is 20.4. The number of nitrogens with zero attached hydrogens (tertiary/aromatic N) is 3. The fraction of sp³-hybridized carbons (Fsp3) is 0.0870. The van der Waals surface area contributed by atoms with Gasteiger partial charge in [0.05, 0.1) is 2.74 Å². The van der Waals surface area contributed by atoms with Crippen molar-refractivity contribution in [2.75, 3.05) is 14.7 Å². The van der Waals surface area contributed by atoms with Crippen LogP contribution in [0.25, 0.3) is 0 Å². The maximum atomic E-state index is 9.42. The van der Waals surface area contributed by atoms with E-state index < -0.39 is 23.2 Å². The van der Waals surface area contributed by atoms with Crippen molar-refractivity contribution in [1.82, 2.24) is 0 Å². The summed E-state index contributed by atoms with van der Waals surface area (Å²) in [5, 5.41) is 0.0982. The van der Waals surface area contributed by atoms with E-state index in [0.717, 1.165) is 22.5 Å². The van der Waals surface area contributed by atoms with Gasteiger partial charge in [-0.2, -0.15) is 0 Å². The van der Waals surface area contributed by atoms with Gasteiger partial charge in [0.25, 0.3) is 0 Å². The van der Waals surface area contributed by atoms with Crippen molar-refractivity contribution in [2.24, 2.45) is 0 Å². The number of benzene rings is 7. The number of hydrogen-bond donors (Lipinski definition) is 0. The molecule has 0 aliphatic rings. The van der Waals surface area contributed by atoms with Crippen LogP contribution >= 0.6 is 11.6 Å². The van der Waals surface area contributed by atoms with Gasteiger partial charge < -0.3 is 0 Å². The average molecular weight is 889 g/mol. The summed E-state index contributed by atoms with van der Waals surface area (Å²) in [7, 11) is 0. The van der Waals surface area contributed by atoms with Crippen molar-refractivity contribution in [3.8, 4) is 0 Å². The summed E-state index contributed by atoms with van der Waals surface area (Å²) in [6, 6.07) is 36.6. The first kappa shape index (κ1) is 26.0. The molecule has 0 amide bonds. The standard InChI is InChI=1S/C46H41AtClN3/c1-33-15-23-39(24-16-33)50(40-25-17-34(2)18-26-40)44-31-43(49(37-11-7-5-8-12-37)38-13-9-6-10-14-38)32-45(46(44)48)51(41-27-19-35(3)20-28-41)42-29-21-36(47-4)22-30-42/h5-32,47H,1-4H3/i15D,16D,21D,22D,23D,24D,29D,30D. The molecule has 5 heteroatoms. The normalized spacial score (nSPS) is 13.2. The van der Waals surface area contributed by atoms with Crippen molar-refractivity contribution in [2.45, 2.75) is 25.4 Å². The molecule has 0 aliphatic carbocycles. The Labute approximate surface area is 330 Å². The zero-order chi connectivity index (χ0) is 42.3. The smallest absolute Gasteiger partial charge is 0.0510 e. The molecule has 51 heavy (non-hydrogen) atoms. The molecule has 0 bridgehead atoms. The first-order chi connectivity index (χ1) is 28.2. The van der Waals surface area contributed by atoms with Crippen LogP contribution in [0.4, 0.5) is 51.2 Å². The van der Waals surface area contributed by atoms with Crippen LogP contribution in [-0.4, -0.2) is 0 Å². The summed E-state index contributed by atoms with van der Waals surface area (Å²) >= 11 is 6.38. The van der Waals surface area contributed by atoms with E-state index in [2.05, 4.69) is 0 Å². The van der Waals surface area contributed by atoms with Gasteiger partial charge >= 0.3 is 292 Å². The number of hydrogen-bond acceptors (Lipinski definition) is 3. The maximum absolute atomic E-state index is 9.42. The van der Waals surface area contributed by atoms with Gasteiger partial charge in [-0.15, -0.1) is 0 Å². The summed E-state index contributed by atoms with van der Waals surface area (Å²) in [6.45, 7) is 5.46. The summed E-state index contributed by atoms with van der Waals surface area (Å²) in [5.74, 6) is 0. The second-order valence-electron chi connectivity index (χ2n) is 12.0. The van der Waals surface area contributed by atoms with E-state index in [4.69, 9.17) is 17.1 Å². The quantitative estimate of drug-likeness (QED) is 0.135. The van der Waals surface area contributed by atoms with Gasteiger partial charge in [0.2, 0.25) is 0 Å². The van der Waals surface area contributed by atoms with Gasteiger partial charge in [0, 0.05) is 0 Å².